The first-order valence-electron chi connectivity index (χ1n) is 7.36. The molecule has 118 valence electrons. The number of phenols is 3. The Labute approximate surface area is 128 Å². The van der Waals surface area contributed by atoms with Gasteiger partial charge in [0.2, 0.25) is 0 Å². The zero-order chi connectivity index (χ0) is 16.2. The molecule has 3 unspecified atom stereocenters. The zero-order valence-corrected chi connectivity index (χ0v) is 12.8. The average molecular weight is 304 g/mol. The van der Waals surface area contributed by atoms with E-state index < -0.39 is 23.2 Å². The average Bonchev–Trinajstić information content (AvgIpc) is 2.42. The van der Waals surface area contributed by atoms with Gasteiger partial charge in [-0.3, -0.25) is 0 Å². The van der Waals surface area contributed by atoms with E-state index >= 15 is 0 Å². The Morgan fingerprint density at radius 3 is 2.32 bits per heavy atom. The minimum atomic E-state index is -0.645. The van der Waals surface area contributed by atoms with E-state index in [2.05, 4.69) is 20.8 Å². The van der Waals surface area contributed by atoms with Crippen LogP contribution in [0.3, 0.4) is 0 Å². The lowest BCUT2D eigenvalue weighted by molar-refractivity contribution is -0.0842. The number of fused-ring (bicyclic) bond motifs is 1. The van der Waals surface area contributed by atoms with E-state index in [0.717, 1.165) is 18.6 Å². The number of carbonyl (C=O) groups is 1. The van der Waals surface area contributed by atoms with Gasteiger partial charge in [-0.25, -0.2) is 4.79 Å². The van der Waals surface area contributed by atoms with Crippen LogP contribution >= 0.6 is 0 Å². The zero-order valence-electron chi connectivity index (χ0n) is 12.8. The maximum atomic E-state index is 12.3. The Balaban J connectivity index is 1.82. The van der Waals surface area contributed by atoms with Crippen molar-refractivity contribution in [2.75, 3.05) is 0 Å². The Hall–Kier alpha value is -2.17. The highest BCUT2D eigenvalue weighted by Crippen LogP contribution is 2.59. The van der Waals surface area contributed by atoms with Crippen molar-refractivity contribution in [1.29, 1.82) is 0 Å². The lowest BCUT2D eigenvalue weighted by atomic mass is 9.48. The molecule has 3 atom stereocenters. The summed E-state index contributed by atoms with van der Waals surface area (Å²) in [5, 5.41) is 28.3. The summed E-state index contributed by atoms with van der Waals surface area (Å²) in [6.07, 6.45) is 2.70. The number of rotatable bonds is 2. The maximum absolute atomic E-state index is 12.3. The number of ether oxygens (including phenoxy) is 1. The summed E-state index contributed by atoms with van der Waals surface area (Å²) in [5.41, 5.74) is 1.36. The quantitative estimate of drug-likeness (QED) is 0.444. The van der Waals surface area contributed by atoms with Crippen LogP contribution < -0.4 is 0 Å². The van der Waals surface area contributed by atoms with Crippen LogP contribution in [0.15, 0.2) is 23.8 Å². The Kier molecular flexibility index (Phi) is 3.13. The Morgan fingerprint density at radius 2 is 1.82 bits per heavy atom. The fraction of sp³-hybridized carbons (Fsp3) is 0.471. The number of esters is 1. The first kappa shape index (κ1) is 14.8. The van der Waals surface area contributed by atoms with Crippen molar-refractivity contribution in [3.8, 4) is 17.2 Å². The van der Waals surface area contributed by atoms with Gasteiger partial charge in [-0.05, 0) is 42.9 Å². The first-order chi connectivity index (χ1) is 10.2. The van der Waals surface area contributed by atoms with Crippen LogP contribution in [0, 0.1) is 17.3 Å². The van der Waals surface area contributed by atoms with E-state index in [1.54, 1.807) is 0 Å². The summed E-state index contributed by atoms with van der Waals surface area (Å²) in [4.78, 5) is 12.3. The van der Waals surface area contributed by atoms with Gasteiger partial charge in [-0.15, -0.1) is 0 Å². The van der Waals surface area contributed by atoms with Crippen molar-refractivity contribution in [2.45, 2.75) is 33.3 Å². The molecule has 3 aliphatic carbocycles. The smallest absolute Gasteiger partial charge is 0.339 e. The number of benzene rings is 1. The van der Waals surface area contributed by atoms with Gasteiger partial charge >= 0.3 is 5.97 Å². The predicted octanol–water partition coefficient (Wildman–Crippen LogP) is 2.95. The molecule has 4 rings (SSSR count). The highest BCUT2D eigenvalue weighted by Gasteiger charge is 2.55. The molecular formula is C17H20O5. The van der Waals surface area contributed by atoms with Gasteiger partial charge in [-0.1, -0.05) is 19.4 Å². The summed E-state index contributed by atoms with van der Waals surface area (Å²) >= 11 is 0. The topological polar surface area (TPSA) is 87.0 Å². The number of aromatic hydroxyl groups is 3. The lowest BCUT2D eigenvalue weighted by Gasteiger charge is -2.58. The normalized spacial score (nSPS) is 28.5. The van der Waals surface area contributed by atoms with Gasteiger partial charge in [0.05, 0.1) is 5.56 Å². The van der Waals surface area contributed by atoms with Crippen molar-refractivity contribution in [3.05, 3.63) is 29.3 Å². The van der Waals surface area contributed by atoms with E-state index in [9.17, 15) is 20.1 Å². The molecule has 5 nitrogen and oxygen atoms in total. The van der Waals surface area contributed by atoms with Gasteiger partial charge in [0.25, 0.3) is 0 Å². The highest BCUT2D eigenvalue weighted by molar-refractivity contribution is 5.91. The fourth-order valence-corrected chi connectivity index (χ4v) is 3.81. The van der Waals surface area contributed by atoms with Crippen LogP contribution in [0.2, 0.25) is 0 Å². The van der Waals surface area contributed by atoms with Gasteiger partial charge in [-0.2, -0.15) is 0 Å². The minimum Gasteiger partial charge on any atom is -0.504 e. The molecule has 0 saturated heterocycles. The molecule has 0 heterocycles. The van der Waals surface area contributed by atoms with E-state index in [1.165, 1.54) is 5.57 Å². The molecular weight excluding hydrogens is 284 g/mol. The summed E-state index contributed by atoms with van der Waals surface area (Å²) in [5.74, 6) is -1.54. The number of phenolic OH excluding ortho intramolecular Hbond substituents is 3. The highest BCUT2D eigenvalue weighted by atomic mass is 16.5. The van der Waals surface area contributed by atoms with Crippen LogP contribution in [0.5, 0.6) is 17.2 Å². The second-order valence-electron chi connectivity index (χ2n) is 6.86. The monoisotopic (exact) mass is 304 g/mol. The lowest BCUT2D eigenvalue weighted by Crippen LogP contribution is -2.54. The third kappa shape index (κ3) is 2.03. The van der Waals surface area contributed by atoms with Gasteiger partial charge in [0, 0.05) is 5.92 Å². The van der Waals surface area contributed by atoms with Crippen molar-refractivity contribution >= 4 is 5.97 Å². The molecule has 0 aliphatic heterocycles. The number of carbonyl (C=O) groups excluding carboxylic acids is 1. The van der Waals surface area contributed by atoms with Crippen molar-refractivity contribution in [1.82, 2.24) is 0 Å². The third-order valence-corrected chi connectivity index (χ3v) is 5.27. The van der Waals surface area contributed by atoms with Crippen LogP contribution in [0.4, 0.5) is 0 Å². The third-order valence-electron chi connectivity index (χ3n) is 5.27. The summed E-state index contributed by atoms with van der Waals surface area (Å²) in [6.45, 7) is 6.42. The largest absolute Gasteiger partial charge is 0.504 e. The van der Waals surface area contributed by atoms with Crippen molar-refractivity contribution < 1.29 is 24.9 Å². The van der Waals surface area contributed by atoms with Gasteiger partial charge < -0.3 is 20.1 Å². The van der Waals surface area contributed by atoms with Crippen molar-refractivity contribution in [2.24, 2.45) is 17.3 Å². The molecule has 0 radical (unpaired) electrons. The molecule has 2 bridgehead atoms. The molecule has 1 saturated carbocycles. The molecule has 0 spiro atoms. The van der Waals surface area contributed by atoms with E-state index in [4.69, 9.17) is 4.74 Å². The molecule has 3 aliphatic rings. The summed E-state index contributed by atoms with van der Waals surface area (Å²) in [7, 11) is 0. The van der Waals surface area contributed by atoms with Crippen LogP contribution in [-0.2, 0) is 4.74 Å². The molecule has 3 N–H and O–H groups in total. The number of allylic oxidation sites excluding steroid dienone is 1. The fourth-order valence-electron chi connectivity index (χ4n) is 3.81. The first-order valence-corrected chi connectivity index (χ1v) is 7.36. The number of hydrogen-bond donors (Lipinski definition) is 3. The van der Waals surface area contributed by atoms with Crippen molar-refractivity contribution in [3.63, 3.8) is 0 Å². The second kappa shape index (κ2) is 4.66. The second-order valence-corrected chi connectivity index (χ2v) is 6.86. The van der Waals surface area contributed by atoms with Crippen LogP contribution in [0.1, 0.15) is 37.6 Å². The van der Waals surface area contributed by atoms with Crippen LogP contribution in [0.25, 0.3) is 0 Å². The molecule has 1 fully saturated rings. The summed E-state index contributed by atoms with van der Waals surface area (Å²) in [6, 6.07) is 2.18. The molecule has 0 aromatic heterocycles. The van der Waals surface area contributed by atoms with E-state index in [1.807, 2.05) is 6.08 Å². The minimum absolute atomic E-state index is 0.0121. The van der Waals surface area contributed by atoms with Gasteiger partial charge in [0.15, 0.2) is 17.2 Å². The molecule has 1 aromatic rings. The molecule has 0 amide bonds. The predicted molar refractivity (Wildman–Crippen MR) is 79.8 cm³/mol. The van der Waals surface area contributed by atoms with E-state index in [0.29, 0.717) is 5.92 Å². The molecule has 1 aromatic carbocycles. The summed E-state index contributed by atoms with van der Waals surface area (Å²) < 4.78 is 5.56. The van der Waals surface area contributed by atoms with E-state index in [-0.39, 0.29) is 23.0 Å². The Bertz CT molecular complexity index is 651. The van der Waals surface area contributed by atoms with Gasteiger partial charge in [0.1, 0.15) is 6.10 Å². The standard InChI is InChI=1S/C17H20O5/c1-8-4-14(11-7-10(8)17(11,2)3)22-16(21)9-5-12(18)15(20)13(19)6-9/h4-6,10-11,14,18-20H,7H2,1-3H3. The SMILES string of the molecule is CC1=CC(OC(=O)c2cc(O)c(O)c(O)c2)C2CC1C2(C)C. The maximum Gasteiger partial charge on any atom is 0.339 e. The molecule has 22 heavy (non-hydrogen) atoms. The Morgan fingerprint density at radius 1 is 1.23 bits per heavy atom. The van der Waals surface area contributed by atoms with Crippen LogP contribution in [-0.4, -0.2) is 27.4 Å². The molecule has 5 heteroatoms. The number of hydrogen-bond acceptors (Lipinski definition) is 5.